The monoisotopic (exact) mass is 242 g/mol. The molecule has 0 fully saturated rings. The highest BCUT2D eigenvalue weighted by molar-refractivity contribution is 5.47. The van der Waals surface area contributed by atoms with Gasteiger partial charge < -0.3 is 10.6 Å². The molecule has 4 heteroatoms. The fraction of sp³-hybridized carbons (Fsp3) is 0.286. The zero-order valence-corrected chi connectivity index (χ0v) is 10.8. The third-order valence-electron chi connectivity index (χ3n) is 2.86. The van der Waals surface area contributed by atoms with Gasteiger partial charge in [-0.1, -0.05) is 17.7 Å². The largest absolute Gasteiger partial charge is 0.382 e. The topological polar surface area (TPSA) is 55.0 Å². The zero-order chi connectivity index (χ0) is 13.0. The van der Waals surface area contributed by atoms with Gasteiger partial charge in [-0.25, -0.2) is 4.98 Å². The molecule has 0 radical (unpaired) electrons. The fourth-order valence-electron chi connectivity index (χ4n) is 1.78. The number of nitrogen functional groups attached to an aromatic ring is 1. The van der Waals surface area contributed by atoms with E-state index in [1.165, 1.54) is 11.3 Å². The van der Waals surface area contributed by atoms with Crippen LogP contribution in [0.3, 0.4) is 0 Å². The maximum Gasteiger partial charge on any atom is 0.141 e. The van der Waals surface area contributed by atoms with E-state index in [-0.39, 0.29) is 0 Å². The summed E-state index contributed by atoms with van der Waals surface area (Å²) in [5.74, 6) is 0.456. The number of aromatic nitrogens is 2. The van der Waals surface area contributed by atoms with Gasteiger partial charge in [0.2, 0.25) is 0 Å². The minimum absolute atomic E-state index is 0.456. The SMILES string of the molecule is CCN(Cc1cnc(N)cn1)c1ccc(C)cc1. The number of nitrogens with two attached hydrogens (primary N) is 1. The summed E-state index contributed by atoms with van der Waals surface area (Å²) < 4.78 is 0. The average molecular weight is 242 g/mol. The van der Waals surface area contributed by atoms with Crippen molar-refractivity contribution in [1.82, 2.24) is 9.97 Å². The molecule has 1 heterocycles. The van der Waals surface area contributed by atoms with Crippen molar-refractivity contribution in [3.8, 4) is 0 Å². The molecule has 0 atom stereocenters. The lowest BCUT2D eigenvalue weighted by atomic mass is 10.2. The van der Waals surface area contributed by atoms with Gasteiger partial charge in [-0.3, -0.25) is 4.98 Å². The van der Waals surface area contributed by atoms with E-state index in [9.17, 15) is 0 Å². The Morgan fingerprint density at radius 3 is 2.39 bits per heavy atom. The molecular weight excluding hydrogens is 224 g/mol. The third kappa shape index (κ3) is 2.97. The van der Waals surface area contributed by atoms with E-state index < -0.39 is 0 Å². The molecule has 2 aromatic rings. The lowest BCUT2D eigenvalue weighted by Crippen LogP contribution is -2.22. The average Bonchev–Trinajstić information content (AvgIpc) is 2.39. The van der Waals surface area contributed by atoms with E-state index in [0.717, 1.165) is 18.8 Å². The number of rotatable bonds is 4. The molecule has 1 aromatic heterocycles. The van der Waals surface area contributed by atoms with Gasteiger partial charge in [-0.15, -0.1) is 0 Å². The Morgan fingerprint density at radius 2 is 1.83 bits per heavy atom. The van der Waals surface area contributed by atoms with Crippen molar-refractivity contribution < 1.29 is 0 Å². The minimum Gasteiger partial charge on any atom is -0.382 e. The summed E-state index contributed by atoms with van der Waals surface area (Å²) >= 11 is 0. The van der Waals surface area contributed by atoms with E-state index in [0.29, 0.717) is 5.82 Å². The first-order valence-electron chi connectivity index (χ1n) is 6.07. The number of aryl methyl sites for hydroxylation is 1. The smallest absolute Gasteiger partial charge is 0.141 e. The Kier molecular flexibility index (Phi) is 3.77. The molecule has 2 N–H and O–H groups in total. The lowest BCUT2D eigenvalue weighted by Gasteiger charge is -2.22. The summed E-state index contributed by atoms with van der Waals surface area (Å²) in [6.45, 7) is 5.89. The molecule has 0 bridgehead atoms. The molecule has 0 amide bonds. The van der Waals surface area contributed by atoms with Crippen molar-refractivity contribution in [1.29, 1.82) is 0 Å². The number of anilines is 2. The Morgan fingerprint density at radius 1 is 1.11 bits per heavy atom. The first-order chi connectivity index (χ1) is 8.69. The van der Waals surface area contributed by atoms with Gasteiger partial charge in [-0.2, -0.15) is 0 Å². The molecule has 0 spiro atoms. The number of nitrogens with zero attached hydrogens (tertiary/aromatic N) is 3. The summed E-state index contributed by atoms with van der Waals surface area (Å²) in [7, 11) is 0. The molecule has 0 aliphatic heterocycles. The Bertz CT molecular complexity index is 490. The molecule has 2 rings (SSSR count). The van der Waals surface area contributed by atoms with E-state index >= 15 is 0 Å². The molecule has 0 aliphatic carbocycles. The van der Waals surface area contributed by atoms with Crippen molar-refractivity contribution in [2.75, 3.05) is 17.2 Å². The maximum absolute atomic E-state index is 5.53. The molecule has 94 valence electrons. The second-order valence-electron chi connectivity index (χ2n) is 4.28. The summed E-state index contributed by atoms with van der Waals surface area (Å²) in [5.41, 5.74) is 8.92. The Labute approximate surface area is 107 Å². The summed E-state index contributed by atoms with van der Waals surface area (Å²) in [5, 5.41) is 0. The van der Waals surface area contributed by atoms with Crippen molar-refractivity contribution >= 4 is 11.5 Å². The highest BCUT2D eigenvalue weighted by Crippen LogP contribution is 2.16. The van der Waals surface area contributed by atoms with Crippen LogP contribution in [0.25, 0.3) is 0 Å². The van der Waals surface area contributed by atoms with E-state index in [1.54, 1.807) is 12.4 Å². The van der Waals surface area contributed by atoms with Crippen molar-refractivity contribution in [2.45, 2.75) is 20.4 Å². The van der Waals surface area contributed by atoms with Gasteiger partial charge in [0.1, 0.15) is 5.82 Å². The van der Waals surface area contributed by atoms with Gasteiger partial charge in [0.05, 0.1) is 24.6 Å². The molecule has 0 unspecified atom stereocenters. The molecule has 0 aliphatic rings. The van der Waals surface area contributed by atoms with Crippen LogP contribution in [0, 0.1) is 6.92 Å². The first-order valence-corrected chi connectivity index (χ1v) is 6.07. The van der Waals surface area contributed by atoms with Crippen LogP contribution in [-0.2, 0) is 6.54 Å². The van der Waals surface area contributed by atoms with Crippen LogP contribution >= 0.6 is 0 Å². The summed E-state index contributed by atoms with van der Waals surface area (Å²) in [6.07, 6.45) is 3.32. The van der Waals surface area contributed by atoms with Crippen LogP contribution in [0.2, 0.25) is 0 Å². The number of benzene rings is 1. The van der Waals surface area contributed by atoms with Crippen LogP contribution in [0.1, 0.15) is 18.2 Å². The lowest BCUT2D eigenvalue weighted by molar-refractivity contribution is 0.804. The molecule has 4 nitrogen and oxygen atoms in total. The highest BCUT2D eigenvalue weighted by Gasteiger charge is 2.06. The molecular formula is C14H18N4. The Hall–Kier alpha value is -2.10. The predicted molar refractivity (Wildman–Crippen MR) is 74.3 cm³/mol. The fourth-order valence-corrected chi connectivity index (χ4v) is 1.78. The third-order valence-corrected chi connectivity index (χ3v) is 2.86. The van der Waals surface area contributed by atoms with Crippen molar-refractivity contribution in [3.63, 3.8) is 0 Å². The zero-order valence-electron chi connectivity index (χ0n) is 10.8. The Balaban J connectivity index is 2.14. The van der Waals surface area contributed by atoms with Gasteiger partial charge in [0, 0.05) is 12.2 Å². The first kappa shape index (κ1) is 12.4. The molecule has 18 heavy (non-hydrogen) atoms. The van der Waals surface area contributed by atoms with Crippen LogP contribution in [-0.4, -0.2) is 16.5 Å². The van der Waals surface area contributed by atoms with E-state index in [2.05, 4.69) is 53.0 Å². The normalized spacial score (nSPS) is 10.3. The van der Waals surface area contributed by atoms with Crippen molar-refractivity contribution in [2.24, 2.45) is 0 Å². The van der Waals surface area contributed by atoms with Crippen molar-refractivity contribution in [3.05, 3.63) is 47.9 Å². The van der Waals surface area contributed by atoms with Crippen LogP contribution in [0.15, 0.2) is 36.7 Å². The van der Waals surface area contributed by atoms with Crippen LogP contribution in [0.5, 0.6) is 0 Å². The number of hydrogen-bond donors (Lipinski definition) is 1. The minimum atomic E-state index is 0.456. The van der Waals surface area contributed by atoms with Gasteiger partial charge in [-0.05, 0) is 26.0 Å². The molecule has 0 saturated carbocycles. The highest BCUT2D eigenvalue weighted by atomic mass is 15.1. The van der Waals surface area contributed by atoms with Gasteiger partial charge in [0.25, 0.3) is 0 Å². The van der Waals surface area contributed by atoms with Gasteiger partial charge in [0.15, 0.2) is 0 Å². The van der Waals surface area contributed by atoms with E-state index in [4.69, 9.17) is 5.73 Å². The second-order valence-corrected chi connectivity index (χ2v) is 4.28. The quantitative estimate of drug-likeness (QED) is 0.894. The van der Waals surface area contributed by atoms with E-state index in [1.807, 2.05) is 0 Å². The standard InChI is InChI=1S/C14H18N4/c1-3-18(13-6-4-11(2)5-7-13)10-12-8-17-14(15)9-16-12/h4-9H,3,10H2,1-2H3,(H2,15,17). The van der Waals surface area contributed by atoms with Crippen LogP contribution in [0.4, 0.5) is 11.5 Å². The summed E-state index contributed by atoms with van der Waals surface area (Å²) in [4.78, 5) is 10.6. The molecule has 0 saturated heterocycles. The predicted octanol–water partition coefficient (Wildman–Crippen LogP) is 2.39. The van der Waals surface area contributed by atoms with Crippen LogP contribution < -0.4 is 10.6 Å². The molecule has 1 aromatic carbocycles. The maximum atomic E-state index is 5.53. The van der Waals surface area contributed by atoms with Gasteiger partial charge >= 0.3 is 0 Å². The number of hydrogen-bond acceptors (Lipinski definition) is 4. The summed E-state index contributed by atoms with van der Waals surface area (Å²) in [6, 6.07) is 8.49. The second kappa shape index (κ2) is 5.49.